The number of anilines is 1. The molecule has 0 bridgehead atoms. The molecule has 1 saturated heterocycles. The van der Waals surface area contributed by atoms with Gasteiger partial charge >= 0.3 is 0 Å². The van der Waals surface area contributed by atoms with Gasteiger partial charge in [0.25, 0.3) is 0 Å². The molecule has 2 rings (SSSR count). The van der Waals surface area contributed by atoms with Gasteiger partial charge in [-0.05, 0) is 55.0 Å². The monoisotopic (exact) mass is 379 g/mol. The normalized spacial score (nSPS) is 22.2. The van der Waals surface area contributed by atoms with Crippen LogP contribution in [0.3, 0.4) is 0 Å². The summed E-state index contributed by atoms with van der Waals surface area (Å²) in [5.74, 6) is -0.791. The third kappa shape index (κ3) is 3.39. The number of rotatable bonds is 2. The fourth-order valence-corrected chi connectivity index (χ4v) is 4.64. The predicted molar refractivity (Wildman–Crippen MR) is 84.0 cm³/mol. The largest absolute Gasteiger partial charge is 0.398 e. The Morgan fingerprint density at radius 2 is 2.05 bits per heavy atom. The van der Waals surface area contributed by atoms with Crippen molar-refractivity contribution in [2.75, 3.05) is 32.4 Å². The molecule has 0 aliphatic carbocycles. The average Bonchev–Trinajstić information content (AvgIpc) is 2.54. The number of nitrogens with two attached hydrogens (primary N) is 1. The van der Waals surface area contributed by atoms with Crippen LogP contribution in [0.4, 0.5) is 10.1 Å². The van der Waals surface area contributed by atoms with Gasteiger partial charge < -0.3 is 10.6 Å². The van der Waals surface area contributed by atoms with E-state index in [0.717, 1.165) is 12.6 Å². The van der Waals surface area contributed by atoms with Crippen LogP contribution < -0.4 is 5.73 Å². The average molecular weight is 380 g/mol. The molecule has 0 aromatic heterocycles. The maximum absolute atomic E-state index is 14.1. The molecule has 2 N–H and O–H groups in total. The lowest BCUT2D eigenvalue weighted by Crippen LogP contribution is -2.42. The van der Waals surface area contributed by atoms with Crippen LogP contribution in [0.25, 0.3) is 0 Å². The predicted octanol–water partition coefficient (Wildman–Crippen LogP) is 1.89. The zero-order chi connectivity index (χ0) is 15.8. The van der Waals surface area contributed by atoms with Crippen LogP contribution in [0.15, 0.2) is 21.5 Å². The van der Waals surface area contributed by atoms with Crippen molar-refractivity contribution in [2.45, 2.75) is 24.3 Å². The number of halogens is 2. The molecule has 0 amide bonds. The minimum Gasteiger partial charge on any atom is -0.398 e. The fourth-order valence-electron chi connectivity index (χ4n) is 2.58. The molecule has 21 heavy (non-hydrogen) atoms. The lowest BCUT2D eigenvalue weighted by molar-refractivity contribution is 0.290. The Kier molecular flexibility index (Phi) is 4.92. The van der Waals surface area contributed by atoms with Gasteiger partial charge in [-0.1, -0.05) is 0 Å². The molecule has 1 atom stereocenters. The van der Waals surface area contributed by atoms with Crippen molar-refractivity contribution < 1.29 is 12.8 Å². The lowest BCUT2D eigenvalue weighted by Gasteiger charge is -2.27. The second kappa shape index (κ2) is 6.20. The van der Waals surface area contributed by atoms with E-state index in [0.29, 0.717) is 24.0 Å². The summed E-state index contributed by atoms with van der Waals surface area (Å²) in [5.41, 5.74) is 5.90. The molecule has 1 unspecified atom stereocenters. The second-order valence-electron chi connectivity index (χ2n) is 5.38. The first kappa shape index (κ1) is 16.7. The van der Waals surface area contributed by atoms with E-state index in [1.807, 2.05) is 14.0 Å². The summed E-state index contributed by atoms with van der Waals surface area (Å²) in [6.07, 6.45) is 0.716. The highest BCUT2D eigenvalue weighted by Gasteiger charge is 2.33. The highest BCUT2D eigenvalue weighted by Crippen LogP contribution is 2.29. The van der Waals surface area contributed by atoms with E-state index < -0.39 is 15.8 Å². The summed E-state index contributed by atoms with van der Waals surface area (Å²) in [5, 5.41) is 0. The van der Waals surface area contributed by atoms with Gasteiger partial charge in [-0.2, -0.15) is 4.31 Å². The lowest BCUT2D eigenvalue weighted by atomic mass is 10.3. The Labute approximate surface area is 133 Å². The number of hydrogen-bond acceptors (Lipinski definition) is 4. The third-order valence-electron chi connectivity index (χ3n) is 3.62. The smallest absolute Gasteiger partial charge is 0.246 e. The molecule has 1 aromatic rings. The Bertz CT molecular complexity index is 639. The van der Waals surface area contributed by atoms with E-state index in [9.17, 15) is 12.8 Å². The number of nitrogen functional groups attached to an aromatic ring is 1. The van der Waals surface area contributed by atoms with Crippen molar-refractivity contribution >= 4 is 31.6 Å². The van der Waals surface area contributed by atoms with Crippen molar-refractivity contribution in [2.24, 2.45) is 0 Å². The zero-order valence-corrected chi connectivity index (χ0v) is 14.4. The van der Waals surface area contributed by atoms with E-state index >= 15 is 0 Å². The van der Waals surface area contributed by atoms with E-state index in [-0.39, 0.29) is 16.6 Å². The summed E-state index contributed by atoms with van der Waals surface area (Å²) < 4.78 is 41.3. The summed E-state index contributed by atoms with van der Waals surface area (Å²) in [6.45, 7) is 3.65. The summed E-state index contributed by atoms with van der Waals surface area (Å²) >= 11 is 3.10. The first-order chi connectivity index (χ1) is 9.73. The standard InChI is InChI=1S/C13H19BrFN3O2S/c1-9-8-17(2)4-3-5-18(9)21(19,20)13-7-12(16)10(14)6-11(13)15/h6-7,9H,3-5,8,16H2,1-2H3. The molecule has 1 aromatic carbocycles. The molecule has 1 aliphatic rings. The zero-order valence-electron chi connectivity index (χ0n) is 12.0. The van der Waals surface area contributed by atoms with Gasteiger partial charge in [0.15, 0.2) is 0 Å². The van der Waals surface area contributed by atoms with Gasteiger partial charge in [0.05, 0.1) is 0 Å². The molecule has 0 spiro atoms. The topological polar surface area (TPSA) is 66.6 Å². The SMILES string of the molecule is CC1CN(C)CCCN1S(=O)(=O)c1cc(N)c(Br)cc1F. The highest BCUT2D eigenvalue weighted by atomic mass is 79.9. The van der Waals surface area contributed by atoms with Crippen molar-refractivity contribution in [1.29, 1.82) is 0 Å². The molecule has 0 radical (unpaired) electrons. The van der Waals surface area contributed by atoms with Crippen LogP contribution >= 0.6 is 15.9 Å². The molecular formula is C13H19BrFN3O2S. The summed E-state index contributed by atoms with van der Waals surface area (Å²) in [7, 11) is -1.95. The van der Waals surface area contributed by atoms with E-state index in [2.05, 4.69) is 20.8 Å². The fraction of sp³-hybridized carbons (Fsp3) is 0.538. The number of benzene rings is 1. The van der Waals surface area contributed by atoms with Crippen LogP contribution in [0, 0.1) is 5.82 Å². The minimum absolute atomic E-state index is 0.203. The first-order valence-electron chi connectivity index (χ1n) is 6.68. The van der Waals surface area contributed by atoms with Crippen LogP contribution in [-0.2, 0) is 10.0 Å². The van der Waals surface area contributed by atoms with Crippen molar-refractivity contribution in [3.05, 3.63) is 22.4 Å². The van der Waals surface area contributed by atoms with Crippen LogP contribution in [0.2, 0.25) is 0 Å². The quantitative estimate of drug-likeness (QED) is 0.796. The molecule has 1 heterocycles. The van der Waals surface area contributed by atoms with Gasteiger partial charge in [-0.25, -0.2) is 12.8 Å². The van der Waals surface area contributed by atoms with Gasteiger partial charge in [-0.15, -0.1) is 0 Å². The van der Waals surface area contributed by atoms with E-state index in [1.54, 1.807) is 0 Å². The highest BCUT2D eigenvalue weighted by molar-refractivity contribution is 9.10. The Hall–Kier alpha value is -0.700. The van der Waals surface area contributed by atoms with Crippen molar-refractivity contribution in [3.8, 4) is 0 Å². The Balaban J connectivity index is 2.44. The van der Waals surface area contributed by atoms with E-state index in [4.69, 9.17) is 5.73 Å². The van der Waals surface area contributed by atoms with Crippen molar-refractivity contribution in [3.63, 3.8) is 0 Å². The molecule has 0 saturated carbocycles. The maximum Gasteiger partial charge on any atom is 0.246 e. The van der Waals surface area contributed by atoms with Crippen LogP contribution in [0.1, 0.15) is 13.3 Å². The molecule has 8 heteroatoms. The summed E-state index contributed by atoms with van der Waals surface area (Å²) in [4.78, 5) is 1.71. The van der Waals surface area contributed by atoms with Crippen LogP contribution in [0.5, 0.6) is 0 Å². The van der Waals surface area contributed by atoms with Crippen molar-refractivity contribution in [1.82, 2.24) is 9.21 Å². The number of likely N-dealkylation sites (N-methyl/N-ethyl adjacent to an activating group) is 1. The first-order valence-corrected chi connectivity index (χ1v) is 8.91. The molecule has 5 nitrogen and oxygen atoms in total. The number of sulfonamides is 1. The maximum atomic E-state index is 14.1. The molecule has 118 valence electrons. The number of nitrogens with zero attached hydrogens (tertiary/aromatic N) is 2. The van der Waals surface area contributed by atoms with Gasteiger partial charge in [-0.3, -0.25) is 0 Å². The second-order valence-corrected chi connectivity index (χ2v) is 8.10. The Morgan fingerprint density at radius 3 is 2.71 bits per heavy atom. The van der Waals surface area contributed by atoms with Gasteiger partial charge in [0, 0.05) is 29.3 Å². The van der Waals surface area contributed by atoms with E-state index in [1.165, 1.54) is 10.4 Å². The Morgan fingerprint density at radius 1 is 1.38 bits per heavy atom. The minimum atomic E-state index is -3.90. The number of hydrogen-bond donors (Lipinski definition) is 1. The third-order valence-corrected chi connectivity index (χ3v) is 6.34. The summed E-state index contributed by atoms with van der Waals surface area (Å²) in [6, 6.07) is 2.05. The van der Waals surface area contributed by atoms with Gasteiger partial charge in [0.2, 0.25) is 10.0 Å². The molecule has 1 fully saturated rings. The van der Waals surface area contributed by atoms with Crippen LogP contribution in [-0.4, -0.2) is 50.3 Å². The molecule has 1 aliphatic heterocycles. The molecular weight excluding hydrogens is 361 g/mol. The van der Waals surface area contributed by atoms with Gasteiger partial charge in [0.1, 0.15) is 10.7 Å².